The summed E-state index contributed by atoms with van der Waals surface area (Å²) in [6, 6.07) is 9.65. The molecule has 3 heterocycles. The lowest BCUT2D eigenvalue weighted by atomic mass is 10.0. The number of likely N-dealkylation sites (N-methyl/N-ethyl adjacent to an activating group) is 1. The highest BCUT2D eigenvalue weighted by molar-refractivity contribution is 7.15. The van der Waals surface area contributed by atoms with Gasteiger partial charge in [-0.05, 0) is 57.5 Å². The van der Waals surface area contributed by atoms with Crippen LogP contribution in [0.4, 0.5) is 0 Å². The van der Waals surface area contributed by atoms with E-state index in [1.807, 2.05) is 43.5 Å². The number of aryl methyl sites for hydroxylation is 1. The summed E-state index contributed by atoms with van der Waals surface area (Å²) in [4.78, 5) is 21.1. The van der Waals surface area contributed by atoms with Gasteiger partial charge in [-0.2, -0.15) is 10.1 Å². The van der Waals surface area contributed by atoms with Crippen molar-refractivity contribution >= 4 is 46.3 Å². The molecule has 8 heteroatoms. The van der Waals surface area contributed by atoms with Gasteiger partial charge in [0.2, 0.25) is 0 Å². The minimum absolute atomic E-state index is 0.175. The fourth-order valence-corrected chi connectivity index (χ4v) is 5.32. The number of nitrogens with zero attached hydrogens (tertiary/aromatic N) is 4. The lowest BCUT2D eigenvalue weighted by Crippen LogP contribution is -2.44. The van der Waals surface area contributed by atoms with Crippen molar-refractivity contribution in [1.29, 1.82) is 0 Å². The van der Waals surface area contributed by atoms with Crippen molar-refractivity contribution in [3.05, 3.63) is 56.5 Å². The summed E-state index contributed by atoms with van der Waals surface area (Å²) < 4.78 is 1.84. The van der Waals surface area contributed by atoms with E-state index in [4.69, 9.17) is 28.3 Å². The number of aromatic nitrogens is 2. The van der Waals surface area contributed by atoms with Crippen LogP contribution in [0.3, 0.4) is 0 Å². The number of hydrogen-bond acceptors (Lipinski definition) is 4. The second kappa shape index (κ2) is 8.08. The molecule has 3 aromatic rings. The van der Waals surface area contributed by atoms with Crippen molar-refractivity contribution < 1.29 is 4.79 Å². The normalized spacial score (nSPS) is 15.6. The highest BCUT2D eigenvalue weighted by Gasteiger charge is 2.42. The van der Waals surface area contributed by atoms with E-state index in [0.29, 0.717) is 21.6 Å². The molecule has 0 unspecified atom stereocenters. The van der Waals surface area contributed by atoms with Crippen LogP contribution in [0.25, 0.3) is 16.3 Å². The standard InChI is InChI=1S/C23H24Cl2N4OS/c1-6-7-15-9-11-18(31-15)20-13(2)19(21-26-22(30)23(3,4)28(21)5)27-29(20)17-10-8-14(24)12-16(17)25/h8-12H,6-7H2,1-5H3. The molecule has 0 fully saturated rings. The third-order valence-corrected chi connectivity index (χ3v) is 7.44. The van der Waals surface area contributed by atoms with Crippen LogP contribution in [0.1, 0.15) is 43.3 Å². The molecule has 0 radical (unpaired) electrons. The molecule has 1 aromatic carbocycles. The average molecular weight is 475 g/mol. The zero-order valence-corrected chi connectivity index (χ0v) is 20.5. The minimum Gasteiger partial charge on any atom is -0.343 e. The molecule has 31 heavy (non-hydrogen) atoms. The first kappa shape index (κ1) is 22.1. The Morgan fingerprint density at radius 1 is 1.16 bits per heavy atom. The quantitative estimate of drug-likeness (QED) is 0.444. The number of amides is 1. The van der Waals surface area contributed by atoms with Gasteiger partial charge in [-0.1, -0.05) is 36.5 Å². The molecule has 0 N–H and O–H groups in total. The van der Waals surface area contributed by atoms with Crippen LogP contribution in [0, 0.1) is 6.92 Å². The maximum atomic E-state index is 12.5. The number of carbonyl (C=O) groups is 1. The SMILES string of the molecule is CCCc1ccc(-c2c(C)c(C3=NC(=O)C(C)(C)N3C)nn2-c2ccc(Cl)cc2Cl)s1. The smallest absolute Gasteiger partial charge is 0.273 e. The van der Waals surface area contributed by atoms with Gasteiger partial charge in [-0.3, -0.25) is 4.79 Å². The fourth-order valence-electron chi connectivity index (χ4n) is 3.64. The van der Waals surface area contributed by atoms with Crippen LogP contribution in [-0.2, 0) is 11.2 Å². The first-order valence-electron chi connectivity index (χ1n) is 10.2. The van der Waals surface area contributed by atoms with E-state index < -0.39 is 5.54 Å². The number of aliphatic imine (C=N–C) groups is 1. The van der Waals surface area contributed by atoms with Gasteiger partial charge >= 0.3 is 0 Å². The molecule has 0 aliphatic carbocycles. The average Bonchev–Trinajstić information content (AvgIpc) is 3.34. The van der Waals surface area contributed by atoms with Crippen LogP contribution in [-0.4, -0.2) is 39.0 Å². The Kier molecular flexibility index (Phi) is 5.75. The summed E-state index contributed by atoms with van der Waals surface area (Å²) >= 11 is 14.4. The Hall–Kier alpha value is -2.15. The Morgan fingerprint density at radius 3 is 2.52 bits per heavy atom. The van der Waals surface area contributed by atoms with Crippen molar-refractivity contribution in [2.45, 2.75) is 46.1 Å². The topological polar surface area (TPSA) is 50.5 Å². The summed E-state index contributed by atoms with van der Waals surface area (Å²) in [5.41, 5.74) is 2.59. The summed E-state index contributed by atoms with van der Waals surface area (Å²) in [6.45, 7) is 7.92. The number of thiophene rings is 1. The van der Waals surface area contributed by atoms with Crippen LogP contribution < -0.4 is 0 Å². The van der Waals surface area contributed by atoms with Crippen molar-refractivity contribution in [2.24, 2.45) is 4.99 Å². The molecule has 4 rings (SSSR count). The highest BCUT2D eigenvalue weighted by atomic mass is 35.5. The van der Waals surface area contributed by atoms with Crippen molar-refractivity contribution in [3.8, 4) is 16.3 Å². The molecule has 5 nitrogen and oxygen atoms in total. The van der Waals surface area contributed by atoms with E-state index in [2.05, 4.69) is 24.0 Å². The van der Waals surface area contributed by atoms with E-state index in [1.54, 1.807) is 23.5 Å². The molecule has 0 bridgehead atoms. The van der Waals surface area contributed by atoms with E-state index in [-0.39, 0.29) is 5.91 Å². The molecule has 0 saturated heterocycles. The molecule has 1 amide bonds. The molecule has 2 aromatic heterocycles. The molecular formula is C23H24Cl2N4OS. The first-order valence-corrected chi connectivity index (χ1v) is 11.7. The van der Waals surface area contributed by atoms with Gasteiger partial charge in [0.05, 0.1) is 21.3 Å². The highest BCUT2D eigenvalue weighted by Crippen LogP contribution is 2.38. The Balaban J connectivity index is 1.94. The van der Waals surface area contributed by atoms with Crippen molar-refractivity contribution in [3.63, 3.8) is 0 Å². The van der Waals surface area contributed by atoms with Crippen LogP contribution in [0.15, 0.2) is 35.3 Å². The summed E-state index contributed by atoms with van der Waals surface area (Å²) in [5, 5.41) is 5.97. The molecule has 1 aliphatic heterocycles. The number of benzene rings is 1. The Bertz CT molecular complexity index is 1210. The monoisotopic (exact) mass is 474 g/mol. The lowest BCUT2D eigenvalue weighted by Gasteiger charge is -2.27. The number of hydrogen-bond donors (Lipinski definition) is 0. The van der Waals surface area contributed by atoms with Crippen molar-refractivity contribution in [2.75, 3.05) is 7.05 Å². The number of amidine groups is 1. The van der Waals surface area contributed by atoms with Gasteiger partial charge < -0.3 is 4.90 Å². The summed E-state index contributed by atoms with van der Waals surface area (Å²) in [7, 11) is 1.88. The zero-order valence-electron chi connectivity index (χ0n) is 18.2. The van der Waals surface area contributed by atoms with E-state index in [1.165, 1.54) is 4.88 Å². The maximum absolute atomic E-state index is 12.5. The third-order valence-electron chi connectivity index (χ3n) is 5.75. The van der Waals surface area contributed by atoms with Crippen molar-refractivity contribution in [1.82, 2.24) is 14.7 Å². The Morgan fingerprint density at radius 2 is 1.90 bits per heavy atom. The molecule has 162 valence electrons. The predicted molar refractivity (Wildman–Crippen MR) is 129 cm³/mol. The van der Waals surface area contributed by atoms with Gasteiger partial charge in [-0.15, -0.1) is 11.3 Å². The predicted octanol–water partition coefficient (Wildman–Crippen LogP) is 6.17. The number of rotatable bonds is 5. The maximum Gasteiger partial charge on any atom is 0.273 e. The minimum atomic E-state index is -0.707. The van der Waals surface area contributed by atoms with E-state index >= 15 is 0 Å². The number of carbonyl (C=O) groups excluding carboxylic acids is 1. The lowest BCUT2D eigenvalue weighted by molar-refractivity contribution is -0.123. The second-order valence-electron chi connectivity index (χ2n) is 8.20. The zero-order chi connectivity index (χ0) is 22.5. The summed E-state index contributed by atoms with van der Waals surface area (Å²) in [6.07, 6.45) is 2.12. The molecule has 0 saturated carbocycles. The van der Waals surface area contributed by atoms with Gasteiger partial charge in [0.15, 0.2) is 5.84 Å². The van der Waals surface area contributed by atoms with Gasteiger partial charge in [0, 0.05) is 22.5 Å². The van der Waals surface area contributed by atoms with E-state index in [0.717, 1.165) is 34.7 Å². The number of halogens is 2. The van der Waals surface area contributed by atoms with E-state index in [9.17, 15) is 4.79 Å². The Labute approximate surface area is 196 Å². The van der Waals surface area contributed by atoms with Gasteiger partial charge in [0.25, 0.3) is 5.91 Å². The molecule has 1 aliphatic rings. The second-order valence-corrected chi connectivity index (χ2v) is 10.2. The van der Waals surface area contributed by atoms with Crippen LogP contribution in [0.2, 0.25) is 10.0 Å². The van der Waals surface area contributed by atoms with Gasteiger partial charge in [0.1, 0.15) is 11.2 Å². The summed E-state index contributed by atoms with van der Waals surface area (Å²) in [5.74, 6) is 0.398. The third kappa shape index (κ3) is 3.71. The molecule has 0 spiro atoms. The van der Waals surface area contributed by atoms with Gasteiger partial charge in [-0.25, -0.2) is 4.68 Å². The first-order chi connectivity index (χ1) is 14.6. The van der Waals surface area contributed by atoms with Crippen LogP contribution >= 0.6 is 34.5 Å². The molecular weight excluding hydrogens is 451 g/mol. The fraction of sp³-hybridized carbons (Fsp3) is 0.348. The van der Waals surface area contributed by atoms with Crippen LogP contribution in [0.5, 0.6) is 0 Å². The molecule has 0 atom stereocenters. The largest absolute Gasteiger partial charge is 0.343 e.